The number of hydrogen-bond donors (Lipinski definition) is 2. The van der Waals surface area contributed by atoms with E-state index in [1.54, 1.807) is 7.05 Å². The fourth-order valence-corrected chi connectivity index (χ4v) is 2.86. The number of hydrogen-bond acceptors (Lipinski definition) is 3. The van der Waals surface area contributed by atoms with Crippen LogP contribution in [0.5, 0.6) is 0 Å². The quantitative estimate of drug-likeness (QED) is 0.728. The lowest BCUT2D eigenvalue weighted by Crippen LogP contribution is -2.48. The minimum Gasteiger partial charge on any atom is -0.358 e. The predicted octanol–water partition coefficient (Wildman–Crippen LogP) is 0.962. The molecule has 1 amide bonds. The van der Waals surface area contributed by atoms with Gasteiger partial charge in [-0.05, 0) is 38.3 Å². The van der Waals surface area contributed by atoms with Crippen molar-refractivity contribution in [3.8, 4) is 0 Å². The second kappa shape index (κ2) is 7.67. The molecule has 3 N–H and O–H groups in total. The summed E-state index contributed by atoms with van der Waals surface area (Å²) in [6.45, 7) is 4.43. The lowest BCUT2D eigenvalue weighted by molar-refractivity contribution is -0.122. The van der Waals surface area contributed by atoms with E-state index in [-0.39, 0.29) is 5.91 Å². The van der Waals surface area contributed by atoms with Crippen molar-refractivity contribution >= 4 is 5.91 Å². The largest absolute Gasteiger partial charge is 0.358 e. The second-order valence-electron chi connectivity index (χ2n) is 4.99. The van der Waals surface area contributed by atoms with Gasteiger partial charge in [0.15, 0.2) is 0 Å². The number of carbonyl (C=O) groups excluding carboxylic acids is 1. The van der Waals surface area contributed by atoms with Gasteiger partial charge in [0.25, 0.3) is 0 Å². The highest BCUT2D eigenvalue weighted by molar-refractivity contribution is 5.77. The third-order valence-corrected chi connectivity index (χ3v) is 3.78. The maximum absolute atomic E-state index is 11.6. The molecule has 1 fully saturated rings. The Morgan fingerprint density at radius 2 is 2.12 bits per heavy atom. The van der Waals surface area contributed by atoms with Gasteiger partial charge in [0.2, 0.25) is 5.91 Å². The Bertz CT molecular complexity index is 233. The zero-order valence-corrected chi connectivity index (χ0v) is 11.2. The topological polar surface area (TPSA) is 58.4 Å². The maximum Gasteiger partial charge on any atom is 0.233 e. The first-order valence-electron chi connectivity index (χ1n) is 6.87. The molecule has 1 aliphatic carbocycles. The molecule has 1 saturated carbocycles. The molecule has 1 rings (SSSR count). The fraction of sp³-hybridized carbons (Fsp3) is 0.923. The van der Waals surface area contributed by atoms with Crippen LogP contribution >= 0.6 is 0 Å². The van der Waals surface area contributed by atoms with E-state index in [2.05, 4.69) is 17.1 Å². The molecule has 0 saturated heterocycles. The molecule has 0 bridgehead atoms. The van der Waals surface area contributed by atoms with Crippen LogP contribution in [0.15, 0.2) is 0 Å². The maximum atomic E-state index is 11.6. The van der Waals surface area contributed by atoms with Crippen LogP contribution in [0.25, 0.3) is 0 Å². The van der Waals surface area contributed by atoms with Gasteiger partial charge >= 0.3 is 0 Å². The minimum atomic E-state index is 0.111. The number of nitrogens with two attached hydrogens (primary N) is 1. The average molecular weight is 241 g/mol. The molecule has 0 radical (unpaired) electrons. The molecular weight excluding hydrogens is 214 g/mol. The highest BCUT2D eigenvalue weighted by Crippen LogP contribution is 2.27. The van der Waals surface area contributed by atoms with Crippen molar-refractivity contribution in [1.82, 2.24) is 10.2 Å². The summed E-state index contributed by atoms with van der Waals surface area (Å²) in [5.41, 5.74) is 5.86. The summed E-state index contributed by atoms with van der Waals surface area (Å²) in [5, 5.41) is 2.71. The van der Waals surface area contributed by atoms with E-state index >= 15 is 0 Å². The Balaban J connectivity index is 2.62. The summed E-state index contributed by atoms with van der Waals surface area (Å²) in [6.07, 6.45) is 6.06. The van der Waals surface area contributed by atoms with Gasteiger partial charge in [-0.25, -0.2) is 0 Å². The van der Waals surface area contributed by atoms with Crippen LogP contribution in [-0.2, 0) is 4.79 Å². The van der Waals surface area contributed by atoms with E-state index in [1.807, 2.05) is 0 Å². The number of nitrogens with zero attached hydrogens (tertiary/aromatic N) is 1. The zero-order valence-electron chi connectivity index (χ0n) is 11.2. The summed E-state index contributed by atoms with van der Waals surface area (Å²) in [6, 6.07) is 0.506. The van der Waals surface area contributed by atoms with Crippen LogP contribution in [0.3, 0.4) is 0 Å². The first-order valence-corrected chi connectivity index (χ1v) is 6.87. The van der Waals surface area contributed by atoms with Crippen LogP contribution in [-0.4, -0.2) is 43.5 Å². The van der Waals surface area contributed by atoms with E-state index in [1.165, 1.54) is 25.7 Å². The van der Waals surface area contributed by atoms with Gasteiger partial charge in [0.1, 0.15) is 0 Å². The molecule has 4 heteroatoms. The van der Waals surface area contributed by atoms with Gasteiger partial charge in [0, 0.05) is 13.1 Å². The molecule has 17 heavy (non-hydrogen) atoms. The zero-order chi connectivity index (χ0) is 12.7. The molecule has 0 aliphatic heterocycles. The van der Waals surface area contributed by atoms with Crippen molar-refractivity contribution in [3.63, 3.8) is 0 Å². The molecule has 100 valence electrons. The summed E-state index contributed by atoms with van der Waals surface area (Å²) < 4.78 is 0. The molecular formula is C13H27N3O. The van der Waals surface area contributed by atoms with Gasteiger partial charge in [-0.3, -0.25) is 9.69 Å². The van der Waals surface area contributed by atoms with Crippen molar-refractivity contribution in [3.05, 3.63) is 0 Å². The Morgan fingerprint density at radius 3 is 2.71 bits per heavy atom. The fourth-order valence-electron chi connectivity index (χ4n) is 2.86. The van der Waals surface area contributed by atoms with Crippen LogP contribution in [0.4, 0.5) is 0 Å². The van der Waals surface area contributed by atoms with E-state index in [9.17, 15) is 4.79 Å². The van der Waals surface area contributed by atoms with E-state index < -0.39 is 0 Å². The lowest BCUT2D eigenvalue weighted by Gasteiger charge is -2.39. The molecule has 1 aliphatic rings. The lowest BCUT2D eigenvalue weighted by atomic mass is 9.83. The van der Waals surface area contributed by atoms with Crippen molar-refractivity contribution in [1.29, 1.82) is 0 Å². The van der Waals surface area contributed by atoms with Gasteiger partial charge in [-0.1, -0.05) is 19.8 Å². The summed E-state index contributed by atoms with van der Waals surface area (Å²) in [4.78, 5) is 13.9. The van der Waals surface area contributed by atoms with Gasteiger partial charge < -0.3 is 11.1 Å². The van der Waals surface area contributed by atoms with Crippen molar-refractivity contribution in [2.75, 3.05) is 26.7 Å². The van der Waals surface area contributed by atoms with E-state index in [0.717, 1.165) is 19.5 Å². The second-order valence-corrected chi connectivity index (χ2v) is 4.99. The molecule has 2 atom stereocenters. The van der Waals surface area contributed by atoms with Crippen LogP contribution in [0.2, 0.25) is 0 Å². The third-order valence-electron chi connectivity index (χ3n) is 3.78. The average Bonchev–Trinajstić information content (AvgIpc) is 2.38. The van der Waals surface area contributed by atoms with Gasteiger partial charge in [0.05, 0.1) is 6.54 Å². The smallest absolute Gasteiger partial charge is 0.233 e. The molecule has 0 aromatic rings. The number of amides is 1. The molecule has 2 unspecified atom stereocenters. The summed E-state index contributed by atoms with van der Waals surface area (Å²) in [7, 11) is 1.70. The molecule has 0 heterocycles. The highest BCUT2D eigenvalue weighted by atomic mass is 16.1. The SMILES string of the molecule is CCCN(CC(=O)NC)C1CCCCC1CN. The molecule has 0 aromatic heterocycles. The first-order chi connectivity index (χ1) is 8.22. The van der Waals surface area contributed by atoms with E-state index in [4.69, 9.17) is 5.73 Å². The molecule has 4 nitrogen and oxygen atoms in total. The van der Waals surface area contributed by atoms with Crippen LogP contribution in [0, 0.1) is 5.92 Å². The van der Waals surface area contributed by atoms with Crippen molar-refractivity contribution in [2.45, 2.75) is 45.1 Å². The number of rotatable bonds is 6. The Kier molecular flexibility index (Phi) is 6.52. The van der Waals surface area contributed by atoms with Gasteiger partial charge in [-0.2, -0.15) is 0 Å². The Hall–Kier alpha value is -0.610. The number of carbonyl (C=O) groups is 1. The molecule has 0 spiro atoms. The molecule has 0 aromatic carbocycles. The van der Waals surface area contributed by atoms with Crippen LogP contribution in [0.1, 0.15) is 39.0 Å². The van der Waals surface area contributed by atoms with E-state index in [0.29, 0.717) is 18.5 Å². The Labute approximate surface area is 105 Å². The predicted molar refractivity (Wildman–Crippen MR) is 70.7 cm³/mol. The monoisotopic (exact) mass is 241 g/mol. The third kappa shape index (κ3) is 4.28. The van der Waals surface area contributed by atoms with Crippen LogP contribution < -0.4 is 11.1 Å². The van der Waals surface area contributed by atoms with Crippen molar-refractivity contribution in [2.24, 2.45) is 11.7 Å². The first kappa shape index (κ1) is 14.5. The minimum absolute atomic E-state index is 0.111. The normalized spacial score (nSPS) is 24.9. The summed E-state index contributed by atoms with van der Waals surface area (Å²) in [5.74, 6) is 0.680. The Morgan fingerprint density at radius 1 is 1.41 bits per heavy atom. The summed E-state index contributed by atoms with van der Waals surface area (Å²) >= 11 is 0. The van der Waals surface area contributed by atoms with Crippen molar-refractivity contribution < 1.29 is 4.79 Å². The highest BCUT2D eigenvalue weighted by Gasteiger charge is 2.29. The number of nitrogens with one attached hydrogen (secondary N) is 1. The standard InChI is InChI=1S/C13H27N3O/c1-3-8-16(10-13(17)15-2)12-7-5-4-6-11(12)9-14/h11-12H,3-10,14H2,1-2H3,(H,15,17). The number of likely N-dealkylation sites (N-methyl/N-ethyl adjacent to an activating group) is 1. The van der Waals surface area contributed by atoms with Gasteiger partial charge in [-0.15, -0.1) is 0 Å².